The number of rotatable bonds is 1. The van der Waals surface area contributed by atoms with Crippen molar-refractivity contribution in [1.82, 2.24) is 0 Å². The molecule has 0 saturated heterocycles. The molecule has 3 nitrogen and oxygen atoms in total. The van der Waals surface area contributed by atoms with Gasteiger partial charge in [0.15, 0.2) is 0 Å². The molecular formula is C24H36O3. The van der Waals surface area contributed by atoms with Crippen molar-refractivity contribution in [2.24, 2.45) is 40.4 Å². The molecule has 0 amide bonds. The third kappa shape index (κ3) is 2.66. The van der Waals surface area contributed by atoms with Crippen LogP contribution in [0.15, 0.2) is 0 Å². The molecule has 5 aliphatic carbocycles. The van der Waals surface area contributed by atoms with Gasteiger partial charge in [0, 0.05) is 19.8 Å². The van der Waals surface area contributed by atoms with Gasteiger partial charge in [-0.3, -0.25) is 9.59 Å². The van der Waals surface area contributed by atoms with Crippen molar-refractivity contribution in [1.29, 1.82) is 0 Å². The quantitative estimate of drug-likeness (QED) is 0.586. The fourth-order valence-corrected chi connectivity index (χ4v) is 9.07. The molecule has 27 heavy (non-hydrogen) atoms. The monoisotopic (exact) mass is 372 g/mol. The van der Waals surface area contributed by atoms with Crippen LogP contribution < -0.4 is 0 Å². The van der Waals surface area contributed by atoms with Crippen LogP contribution in [0.1, 0.15) is 90.9 Å². The van der Waals surface area contributed by atoms with Crippen LogP contribution in [0.2, 0.25) is 0 Å². The molecule has 1 spiro atoms. The van der Waals surface area contributed by atoms with Gasteiger partial charge < -0.3 is 4.74 Å². The number of fused-ring (bicyclic) bond motifs is 4. The van der Waals surface area contributed by atoms with Crippen LogP contribution >= 0.6 is 0 Å². The average Bonchev–Trinajstić information content (AvgIpc) is 3.00. The number of carbonyl (C=O) groups is 2. The van der Waals surface area contributed by atoms with Crippen molar-refractivity contribution in [3.8, 4) is 0 Å². The predicted molar refractivity (Wildman–Crippen MR) is 104 cm³/mol. The highest BCUT2D eigenvalue weighted by molar-refractivity contribution is 5.80. The maximum atomic E-state index is 12.4. The van der Waals surface area contributed by atoms with E-state index in [2.05, 4.69) is 6.92 Å². The predicted octanol–water partition coefficient (Wildman–Crippen LogP) is 5.31. The molecule has 1 unspecified atom stereocenters. The lowest BCUT2D eigenvalue weighted by molar-refractivity contribution is -0.163. The topological polar surface area (TPSA) is 43.4 Å². The van der Waals surface area contributed by atoms with E-state index in [4.69, 9.17) is 4.74 Å². The maximum absolute atomic E-state index is 12.4. The zero-order valence-corrected chi connectivity index (χ0v) is 17.2. The van der Waals surface area contributed by atoms with E-state index in [-0.39, 0.29) is 12.1 Å². The van der Waals surface area contributed by atoms with Gasteiger partial charge in [0.05, 0.1) is 0 Å². The zero-order valence-electron chi connectivity index (χ0n) is 17.2. The van der Waals surface area contributed by atoms with E-state index < -0.39 is 0 Å². The number of ether oxygens (including phenoxy) is 1. The SMILES string of the molecule is CC(=O)O[C@@H]1CC[C@@]2(C)[C@@H](CC[C@H]3[C@@H]4CC[C@@H]5CCC(=O)CC54CC[C@@H]32)C1. The van der Waals surface area contributed by atoms with Gasteiger partial charge in [-0.2, -0.15) is 0 Å². The summed E-state index contributed by atoms with van der Waals surface area (Å²) in [5.41, 5.74) is 0.812. The van der Waals surface area contributed by atoms with Crippen molar-refractivity contribution in [3.63, 3.8) is 0 Å². The van der Waals surface area contributed by atoms with Gasteiger partial charge in [-0.15, -0.1) is 0 Å². The average molecular weight is 373 g/mol. The smallest absolute Gasteiger partial charge is 0.302 e. The second-order valence-corrected chi connectivity index (χ2v) is 11.0. The fourth-order valence-electron chi connectivity index (χ4n) is 9.07. The zero-order chi connectivity index (χ0) is 18.8. The Morgan fingerprint density at radius 2 is 1.78 bits per heavy atom. The Hall–Kier alpha value is -0.860. The first-order valence-corrected chi connectivity index (χ1v) is 11.6. The second-order valence-electron chi connectivity index (χ2n) is 11.0. The van der Waals surface area contributed by atoms with Crippen molar-refractivity contribution in [2.45, 2.75) is 97.0 Å². The molecule has 0 radical (unpaired) electrons. The first kappa shape index (κ1) is 18.2. The molecule has 0 aromatic heterocycles. The molecule has 0 aliphatic heterocycles. The molecule has 5 saturated carbocycles. The Balaban J connectivity index is 1.37. The Morgan fingerprint density at radius 3 is 2.59 bits per heavy atom. The van der Waals surface area contributed by atoms with Crippen LogP contribution in [0.4, 0.5) is 0 Å². The molecule has 5 fully saturated rings. The lowest BCUT2D eigenvalue weighted by Crippen LogP contribution is -2.55. The summed E-state index contributed by atoms with van der Waals surface area (Å²) in [4.78, 5) is 23.8. The molecule has 0 aromatic carbocycles. The molecule has 0 aromatic rings. The number of esters is 1. The minimum Gasteiger partial charge on any atom is -0.463 e. The van der Waals surface area contributed by atoms with Gasteiger partial charge in [0.2, 0.25) is 0 Å². The molecule has 0 N–H and O–H groups in total. The summed E-state index contributed by atoms with van der Waals surface area (Å²) < 4.78 is 5.60. The third-order valence-electron chi connectivity index (χ3n) is 10.1. The Labute approximate surface area is 164 Å². The molecule has 0 heterocycles. The van der Waals surface area contributed by atoms with E-state index in [1.54, 1.807) is 6.92 Å². The number of Topliss-reactive ketones (excluding diaryl/α,β-unsaturated/α-hetero) is 1. The molecular weight excluding hydrogens is 336 g/mol. The first-order valence-electron chi connectivity index (χ1n) is 11.6. The Kier molecular flexibility index (Phi) is 4.26. The first-order chi connectivity index (χ1) is 12.9. The van der Waals surface area contributed by atoms with Crippen LogP contribution in [-0.4, -0.2) is 17.9 Å². The summed E-state index contributed by atoms with van der Waals surface area (Å²) >= 11 is 0. The summed E-state index contributed by atoms with van der Waals surface area (Å²) in [7, 11) is 0. The maximum Gasteiger partial charge on any atom is 0.302 e. The number of carbonyl (C=O) groups excluding carboxylic acids is 2. The largest absolute Gasteiger partial charge is 0.463 e. The molecule has 5 aliphatic rings. The molecule has 8 atom stereocenters. The van der Waals surface area contributed by atoms with Crippen molar-refractivity contribution >= 4 is 11.8 Å². The van der Waals surface area contributed by atoms with E-state index in [1.807, 2.05) is 0 Å². The van der Waals surface area contributed by atoms with E-state index in [1.165, 1.54) is 51.4 Å². The van der Waals surface area contributed by atoms with Gasteiger partial charge in [0.25, 0.3) is 0 Å². The van der Waals surface area contributed by atoms with Crippen LogP contribution in [0, 0.1) is 40.4 Å². The van der Waals surface area contributed by atoms with Crippen LogP contribution in [-0.2, 0) is 14.3 Å². The van der Waals surface area contributed by atoms with E-state index in [9.17, 15) is 9.59 Å². The lowest BCUT2D eigenvalue weighted by Gasteiger charge is -2.62. The van der Waals surface area contributed by atoms with E-state index >= 15 is 0 Å². The summed E-state index contributed by atoms with van der Waals surface area (Å²) in [6.45, 7) is 4.11. The van der Waals surface area contributed by atoms with Gasteiger partial charge in [-0.1, -0.05) is 6.92 Å². The van der Waals surface area contributed by atoms with Crippen molar-refractivity contribution in [3.05, 3.63) is 0 Å². The van der Waals surface area contributed by atoms with Crippen LogP contribution in [0.25, 0.3) is 0 Å². The van der Waals surface area contributed by atoms with Crippen molar-refractivity contribution in [2.75, 3.05) is 0 Å². The standard InChI is InChI=1S/C24H36O3/c1-15(25)27-19-9-11-23(2)17(13-19)4-7-20-21(23)10-12-24-14-18(26)6-3-16(24)5-8-22(20)24/h16-17,19-22H,3-14H2,1-2H3/t16-,17-,19+,20+,21-,22-,23-,24?/m0/s1. The number of hydrogen-bond acceptors (Lipinski definition) is 3. The minimum absolute atomic E-state index is 0.115. The normalized spacial score (nSPS) is 51.6. The molecule has 150 valence electrons. The van der Waals surface area contributed by atoms with Gasteiger partial charge >= 0.3 is 5.97 Å². The molecule has 0 bridgehead atoms. The fraction of sp³-hybridized carbons (Fsp3) is 0.917. The molecule has 3 heteroatoms. The summed E-state index contributed by atoms with van der Waals surface area (Å²) in [6.07, 6.45) is 14.5. The van der Waals surface area contributed by atoms with Crippen LogP contribution in [0.3, 0.4) is 0 Å². The highest BCUT2D eigenvalue weighted by atomic mass is 16.5. The highest BCUT2D eigenvalue weighted by Gasteiger charge is 2.62. The molecule has 5 rings (SSSR count). The van der Waals surface area contributed by atoms with Gasteiger partial charge in [-0.25, -0.2) is 0 Å². The number of hydrogen-bond donors (Lipinski definition) is 0. The van der Waals surface area contributed by atoms with Gasteiger partial charge in [0.1, 0.15) is 11.9 Å². The third-order valence-corrected chi connectivity index (χ3v) is 10.1. The highest BCUT2D eigenvalue weighted by Crippen LogP contribution is 2.69. The minimum atomic E-state index is -0.115. The number of ketones is 1. The van der Waals surface area contributed by atoms with Crippen LogP contribution in [0.5, 0.6) is 0 Å². The second kappa shape index (κ2) is 6.32. The van der Waals surface area contributed by atoms with Crippen molar-refractivity contribution < 1.29 is 14.3 Å². The Morgan fingerprint density at radius 1 is 0.963 bits per heavy atom. The van der Waals surface area contributed by atoms with E-state index in [0.29, 0.717) is 16.6 Å². The Bertz CT molecular complexity index is 642. The lowest BCUT2D eigenvalue weighted by atomic mass is 9.43. The summed E-state index contributed by atoms with van der Waals surface area (Å²) in [5, 5.41) is 0. The summed E-state index contributed by atoms with van der Waals surface area (Å²) in [6, 6.07) is 0. The van der Waals surface area contributed by atoms with Gasteiger partial charge in [-0.05, 0) is 105 Å². The summed E-state index contributed by atoms with van der Waals surface area (Å²) in [5.74, 6) is 4.49. The van der Waals surface area contributed by atoms with E-state index in [0.717, 1.165) is 55.3 Å².